The number of nitrogens with zero attached hydrogens (tertiary/aromatic N) is 4. The molecule has 0 aliphatic carbocycles. The van der Waals surface area contributed by atoms with Crippen molar-refractivity contribution in [3.8, 4) is 0 Å². The van der Waals surface area contributed by atoms with Crippen molar-refractivity contribution in [2.45, 2.75) is 42.9 Å². The molecule has 1 amide bonds. The molecule has 25 heavy (non-hydrogen) atoms. The van der Waals surface area contributed by atoms with E-state index in [4.69, 9.17) is 0 Å². The average Bonchev–Trinajstić information content (AvgIpc) is 3.06. The summed E-state index contributed by atoms with van der Waals surface area (Å²) in [5.74, 6) is -1.23. The first kappa shape index (κ1) is 17.8. The van der Waals surface area contributed by atoms with Crippen molar-refractivity contribution < 1.29 is 18.0 Å². The lowest BCUT2D eigenvalue weighted by Gasteiger charge is -2.25. The smallest absolute Gasteiger partial charge is 0.308 e. The molecule has 0 saturated heterocycles. The Bertz CT molecular complexity index is 805. The van der Waals surface area contributed by atoms with Gasteiger partial charge in [-0.2, -0.15) is 13.2 Å². The highest BCUT2D eigenvalue weighted by Gasteiger charge is 2.39. The van der Waals surface area contributed by atoms with Gasteiger partial charge in [0.05, 0.1) is 5.25 Å². The molecule has 3 rings (SSSR count). The SMILES string of the molecule is C[C@H](Sc1nnc(C(F)(F)F)n1C)C(=O)N1c2ccccc2C[C@@H]1C. The lowest BCUT2D eigenvalue weighted by Crippen LogP contribution is -2.40. The zero-order chi connectivity index (χ0) is 18.4. The summed E-state index contributed by atoms with van der Waals surface area (Å²) in [4.78, 5) is 14.6. The number of carbonyl (C=O) groups excluding carboxylic acids is 1. The molecule has 1 aliphatic heterocycles. The van der Waals surface area contributed by atoms with Crippen LogP contribution in [0.1, 0.15) is 25.2 Å². The first-order chi connectivity index (χ1) is 11.7. The molecule has 0 bridgehead atoms. The maximum absolute atomic E-state index is 12.9. The van der Waals surface area contributed by atoms with Crippen LogP contribution in [0.25, 0.3) is 0 Å². The van der Waals surface area contributed by atoms with Crippen molar-refractivity contribution in [1.82, 2.24) is 14.8 Å². The van der Waals surface area contributed by atoms with E-state index in [0.29, 0.717) is 0 Å². The second-order valence-electron chi connectivity index (χ2n) is 6.01. The van der Waals surface area contributed by atoms with Crippen LogP contribution in [0.2, 0.25) is 0 Å². The first-order valence-corrected chi connectivity index (χ1v) is 8.62. The fourth-order valence-electron chi connectivity index (χ4n) is 2.97. The molecule has 2 heterocycles. The molecule has 0 saturated carbocycles. The van der Waals surface area contributed by atoms with Gasteiger partial charge in [0, 0.05) is 18.8 Å². The van der Waals surface area contributed by atoms with Crippen LogP contribution >= 0.6 is 11.8 Å². The van der Waals surface area contributed by atoms with Gasteiger partial charge in [-0.15, -0.1) is 10.2 Å². The zero-order valence-electron chi connectivity index (χ0n) is 13.9. The molecule has 0 unspecified atom stereocenters. The van der Waals surface area contributed by atoms with Crippen LogP contribution in [0.4, 0.5) is 18.9 Å². The lowest BCUT2D eigenvalue weighted by molar-refractivity contribution is -0.147. The molecule has 0 spiro atoms. The van der Waals surface area contributed by atoms with Crippen molar-refractivity contribution in [1.29, 1.82) is 0 Å². The number of carbonyl (C=O) groups is 1. The third kappa shape index (κ3) is 3.24. The molecule has 0 radical (unpaired) electrons. The molecular formula is C16H17F3N4OS. The Morgan fingerprint density at radius 3 is 2.64 bits per heavy atom. The number of halogens is 3. The van der Waals surface area contributed by atoms with Crippen LogP contribution in [0, 0.1) is 0 Å². The minimum absolute atomic E-state index is 0.0122. The standard InChI is InChI=1S/C16H17F3N4OS/c1-9-8-11-6-4-5-7-12(11)23(9)13(24)10(2)25-15-21-20-14(22(15)3)16(17,18)19/h4-7,9-10H,8H2,1-3H3/t9-,10-/m0/s1. The Morgan fingerprint density at radius 2 is 2.00 bits per heavy atom. The fraction of sp³-hybridized carbons (Fsp3) is 0.438. The minimum Gasteiger partial charge on any atom is -0.308 e. The monoisotopic (exact) mass is 370 g/mol. The molecule has 134 valence electrons. The van der Waals surface area contributed by atoms with Crippen LogP contribution in [0.3, 0.4) is 0 Å². The molecule has 0 fully saturated rings. The van der Waals surface area contributed by atoms with Gasteiger partial charge in [0.2, 0.25) is 11.7 Å². The summed E-state index contributed by atoms with van der Waals surface area (Å²) >= 11 is 0.977. The summed E-state index contributed by atoms with van der Waals surface area (Å²) in [6.45, 7) is 3.63. The van der Waals surface area contributed by atoms with Gasteiger partial charge in [-0.3, -0.25) is 4.79 Å². The molecule has 5 nitrogen and oxygen atoms in total. The van der Waals surface area contributed by atoms with Gasteiger partial charge >= 0.3 is 6.18 Å². The maximum Gasteiger partial charge on any atom is 0.451 e. The van der Waals surface area contributed by atoms with E-state index in [-0.39, 0.29) is 17.1 Å². The summed E-state index contributed by atoms with van der Waals surface area (Å²) in [6, 6.07) is 7.68. The van der Waals surface area contributed by atoms with Crippen LogP contribution in [0.15, 0.2) is 29.4 Å². The van der Waals surface area contributed by atoms with E-state index in [1.165, 1.54) is 7.05 Å². The van der Waals surface area contributed by atoms with Gasteiger partial charge in [0.1, 0.15) is 0 Å². The van der Waals surface area contributed by atoms with Crippen LogP contribution < -0.4 is 4.90 Å². The molecule has 1 aliphatic rings. The summed E-state index contributed by atoms with van der Waals surface area (Å²) in [7, 11) is 1.25. The van der Waals surface area contributed by atoms with Crippen molar-refractivity contribution >= 4 is 23.4 Å². The normalized spacial score (nSPS) is 18.3. The fourth-order valence-corrected chi connectivity index (χ4v) is 3.83. The quantitative estimate of drug-likeness (QED) is 0.778. The lowest BCUT2D eigenvalue weighted by atomic mass is 10.1. The number of aromatic nitrogens is 3. The highest BCUT2D eigenvalue weighted by Crippen LogP contribution is 2.35. The summed E-state index contributed by atoms with van der Waals surface area (Å²) in [5.41, 5.74) is 1.96. The molecule has 1 aromatic carbocycles. The highest BCUT2D eigenvalue weighted by molar-refractivity contribution is 8.00. The number of thioether (sulfide) groups is 1. The number of benzene rings is 1. The number of anilines is 1. The Kier molecular flexibility index (Phi) is 4.52. The van der Waals surface area contributed by atoms with Crippen molar-refractivity contribution in [3.63, 3.8) is 0 Å². The van der Waals surface area contributed by atoms with E-state index < -0.39 is 17.3 Å². The van der Waals surface area contributed by atoms with Crippen LogP contribution in [0.5, 0.6) is 0 Å². The van der Waals surface area contributed by atoms with Crippen molar-refractivity contribution in [2.24, 2.45) is 7.05 Å². The highest BCUT2D eigenvalue weighted by atomic mass is 32.2. The van der Waals surface area contributed by atoms with Crippen LogP contribution in [-0.2, 0) is 24.4 Å². The molecule has 9 heteroatoms. The molecule has 2 aromatic rings. The second-order valence-corrected chi connectivity index (χ2v) is 7.32. The van der Waals surface area contributed by atoms with Gasteiger partial charge in [-0.25, -0.2) is 0 Å². The van der Waals surface area contributed by atoms with E-state index in [9.17, 15) is 18.0 Å². The number of fused-ring (bicyclic) bond motifs is 1. The third-order valence-corrected chi connectivity index (χ3v) is 5.28. The number of amides is 1. The summed E-state index contributed by atoms with van der Waals surface area (Å²) < 4.78 is 39.3. The Morgan fingerprint density at radius 1 is 1.32 bits per heavy atom. The molecule has 2 atom stereocenters. The second kappa shape index (κ2) is 6.36. The number of alkyl halides is 3. The number of hydrogen-bond acceptors (Lipinski definition) is 4. The van der Waals surface area contributed by atoms with E-state index in [0.717, 1.165) is 34.0 Å². The Hall–Kier alpha value is -2.03. The van der Waals surface area contributed by atoms with Gasteiger partial charge in [-0.05, 0) is 31.9 Å². The molecule has 0 N–H and O–H groups in total. The molecule has 1 aromatic heterocycles. The zero-order valence-corrected chi connectivity index (χ0v) is 14.7. The number of hydrogen-bond donors (Lipinski definition) is 0. The minimum atomic E-state index is -4.57. The van der Waals surface area contributed by atoms with Crippen molar-refractivity contribution in [2.75, 3.05) is 4.90 Å². The predicted molar refractivity (Wildman–Crippen MR) is 88.4 cm³/mol. The summed E-state index contributed by atoms with van der Waals surface area (Å²) in [6.07, 6.45) is -3.81. The number of rotatable bonds is 3. The topological polar surface area (TPSA) is 51.0 Å². The Balaban J connectivity index is 1.79. The number of para-hydroxylation sites is 1. The average molecular weight is 370 g/mol. The van der Waals surface area contributed by atoms with Crippen LogP contribution in [-0.4, -0.2) is 32.0 Å². The van der Waals surface area contributed by atoms with E-state index in [1.54, 1.807) is 11.8 Å². The first-order valence-electron chi connectivity index (χ1n) is 7.74. The van der Waals surface area contributed by atoms with Gasteiger partial charge in [0.15, 0.2) is 5.16 Å². The van der Waals surface area contributed by atoms with Crippen molar-refractivity contribution in [3.05, 3.63) is 35.7 Å². The summed E-state index contributed by atoms with van der Waals surface area (Å²) in [5, 5.41) is 6.25. The largest absolute Gasteiger partial charge is 0.451 e. The van der Waals surface area contributed by atoms with Gasteiger partial charge in [0.25, 0.3) is 0 Å². The van der Waals surface area contributed by atoms with E-state index in [2.05, 4.69) is 10.2 Å². The molecular weight excluding hydrogens is 353 g/mol. The predicted octanol–water partition coefficient (Wildman–Crippen LogP) is 3.29. The van der Waals surface area contributed by atoms with E-state index >= 15 is 0 Å². The Labute approximate surface area is 147 Å². The maximum atomic E-state index is 12.9. The van der Waals surface area contributed by atoms with Gasteiger partial charge < -0.3 is 9.47 Å². The van der Waals surface area contributed by atoms with Gasteiger partial charge in [-0.1, -0.05) is 30.0 Å². The van der Waals surface area contributed by atoms with E-state index in [1.807, 2.05) is 31.2 Å². The third-order valence-electron chi connectivity index (χ3n) is 4.16.